The molecule has 0 radical (unpaired) electrons. The third-order valence-electron chi connectivity index (χ3n) is 5.48. The fourth-order valence-corrected chi connectivity index (χ4v) is 5.77. The van der Waals surface area contributed by atoms with Crippen molar-refractivity contribution in [2.75, 3.05) is 17.7 Å². The van der Waals surface area contributed by atoms with Gasteiger partial charge in [0.25, 0.3) is 11.8 Å². The largest absolute Gasteiger partial charge is 0.490 e. The Labute approximate surface area is 212 Å². The zero-order valence-electron chi connectivity index (χ0n) is 19.2. The molecule has 35 heavy (non-hydrogen) atoms. The minimum absolute atomic E-state index is 0.0174. The van der Waals surface area contributed by atoms with Crippen LogP contribution in [-0.4, -0.2) is 18.9 Å². The van der Waals surface area contributed by atoms with Crippen molar-refractivity contribution < 1.29 is 14.3 Å². The number of rotatable bonds is 7. The Kier molecular flexibility index (Phi) is 7.70. The summed E-state index contributed by atoms with van der Waals surface area (Å²) in [6.45, 7) is 1.91. The van der Waals surface area contributed by atoms with Gasteiger partial charge >= 0.3 is 0 Å². The van der Waals surface area contributed by atoms with Crippen molar-refractivity contribution in [3.63, 3.8) is 0 Å². The van der Waals surface area contributed by atoms with Gasteiger partial charge in [-0.1, -0.05) is 54.2 Å². The first kappa shape index (κ1) is 24.3. The molecule has 8 heteroatoms. The number of nitrogens with one attached hydrogen (secondary N) is 2. The molecule has 1 aliphatic rings. The lowest BCUT2D eigenvalue weighted by Gasteiger charge is -2.30. The number of ether oxygens (including phenoxy) is 1. The summed E-state index contributed by atoms with van der Waals surface area (Å²) in [5.74, 6) is -1.41. The van der Waals surface area contributed by atoms with Crippen LogP contribution in [0, 0.1) is 18.3 Å². The number of carbonyl (C=O) groups is 2. The highest BCUT2D eigenvalue weighted by Gasteiger charge is 2.40. The molecule has 2 aromatic carbocycles. The molecule has 0 spiro atoms. The highest BCUT2D eigenvalue weighted by molar-refractivity contribution is 8.06. The van der Waals surface area contributed by atoms with Crippen molar-refractivity contribution in [1.29, 1.82) is 5.26 Å². The molecule has 0 saturated carbocycles. The Morgan fingerprint density at radius 1 is 0.971 bits per heavy atom. The second-order valence-corrected chi connectivity index (χ2v) is 9.76. The molecule has 2 amide bonds. The predicted molar refractivity (Wildman–Crippen MR) is 141 cm³/mol. The molecule has 1 atom stereocenters. The third kappa shape index (κ3) is 5.32. The van der Waals surface area contributed by atoms with Crippen LogP contribution in [-0.2, 0) is 14.3 Å². The van der Waals surface area contributed by atoms with Gasteiger partial charge in [0.2, 0.25) is 0 Å². The molecular weight excluding hydrogens is 478 g/mol. The first-order valence-corrected chi connectivity index (χ1v) is 12.6. The summed E-state index contributed by atoms with van der Waals surface area (Å²) in [5.41, 5.74) is 2.93. The summed E-state index contributed by atoms with van der Waals surface area (Å²) in [6, 6.07) is 22.5. The number of nitrogens with zero attached hydrogens (tertiary/aromatic N) is 1. The smallest absolute Gasteiger partial charge is 0.256 e. The van der Waals surface area contributed by atoms with Gasteiger partial charge in [0.15, 0.2) is 5.09 Å². The van der Waals surface area contributed by atoms with Gasteiger partial charge in [-0.15, -0.1) is 11.3 Å². The van der Waals surface area contributed by atoms with E-state index in [9.17, 15) is 14.9 Å². The molecule has 0 fully saturated rings. The van der Waals surface area contributed by atoms with Crippen LogP contribution in [0.2, 0.25) is 0 Å². The van der Waals surface area contributed by atoms with Crippen molar-refractivity contribution in [3.05, 3.63) is 104 Å². The highest BCUT2D eigenvalue weighted by atomic mass is 32.2. The van der Waals surface area contributed by atoms with Gasteiger partial charge in [-0.2, -0.15) is 5.26 Å². The second kappa shape index (κ2) is 11.1. The van der Waals surface area contributed by atoms with Crippen molar-refractivity contribution >= 4 is 46.3 Å². The van der Waals surface area contributed by atoms with E-state index in [2.05, 4.69) is 16.7 Å². The number of hydrogen-bond acceptors (Lipinski definition) is 6. The first-order valence-electron chi connectivity index (χ1n) is 10.9. The zero-order valence-corrected chi connectivity index (χ0v) is 20.8. The van der Waals surface area contributed by atoms with E-state index in [4.69, 9.17) is 4.74 Å². The molecule has 1 aliphatic heterocycles. The summed E-state index contributed by atoms with van der Waals surface area (Å²) < 4.78 is 5.64. The first-order chi connectivity index (χ1) is 17.0. The number of thioether (sulfide) groups is 1. The van der Waals surface area contributed by atoms with Gasteiger partial charge in [-0.25, -0.2) is 0 Å². The molecule has 0 saturated heterocycles. The number of allylic oxidation sites excluding steroid dienone is 1. The standard InChI is InChI=1S/C27H23N3O3S2/c1-17-9-6-7-12-19(17)30-25(31)23-21(14-15-28)35-27(33-2)24(22(23)20-13-8-16-34-20)26(32)29-18-10-4-3-5-11-18/h3-13,16,22H,14H2,1-2H3,(H,29,32)(H,30,31)/t22-/m0/s1. The van der Waals surface area contributed by atoms with Crippen LogP contribution in [0.5, 0.6) is 0 Å². The average Bonchev–Trinajstić information content (AvgIpc) is 3.40. The maximum Gasteiger partial charge on any atom is 0.256 e. The number of nitriles is 1. The molecule has 2 heterocycles. The Morgan fingerprint density at radius 2 is 1.69 bits per heavy atom. The van der Waals surface area contributed by atoms with Crippen LogP contribution in [0.25, 0.3) is 0 Å². The molecular formula is C27H23N3O3S2. The van der Waals surface area contributed by atoms with Gasteiger partial charge in [-0.05, 0) is 42.1 Å². The van der Waals surface area contributed by atoms with E-state index >= 15 is 0 Å². The van der Waals surface area contributed by atoms with Gasteiger partial charge < -0.3 is 15.4 Å². The van der Waals surface area contributed by atoms with Crippen molar-refractivity contribution in [1.82, 2.24) is 0 Å². The number of thiophene rings is 1. The summed E-state index contributed by atoms with van der Waals surface area (Å²) in [4.78, 5) is 28.7. The Hall–Kier alpha value is -3.80. The molecule has 1 aromatic heterocycles. The van der Waals surface area contributed by atoms with E-state index in [1.54, 1.807) is 12.1 Å². The highest BCUT2D eigenvalue weighted by Crippen LogP contribution is 2.49. The summed E-state index contributed by atoms with van der Waals surface area (Å²) in [7, 11) is 1.49. The minimum atomic E-state index is -0.692. The number of para-hydroxylation sites is 2. The average molecular weight is 502 g/mol. The Bertz CT molecular complexity index is 1340. The minimum Gasteiger partial charge on any atom is -0.490 e. The third-order valence-corrected chi connectivity index (χ3v) is 7.60. The lowest BCUT2D eigenvalue weighted by Crippen LogP contribution is -2.30. The van der Waals surface area contributed by atoms with Crippen LogP contribution in [0.3, 0.4) is 0 Å². The SMILES string of the molecule is COC1=C(C(=O)Nc2ccccc2)[C@@H](c2cccs2)C(C(=O)Nc2ccccc2C)=C(CC#N)S1. The van der Waals surface area contributed by atoms with Gasteiger partial charge in [0.1, 0.15) is 0 Å². The fraction of sp³-hybridized carbons (Fsp3) is 0.148. The quantitative estimate of drug-likeness (QED) is 0.403. The maximum atomic E-state index is 13.7. The van der Waals surface area contributed by atoms with E-state index in [-0.39, 0.29) is 18.2 Å². The van der Waals surface area contributed by atoms with E-state index in [0.717, 1.165) is 22.2 Å². The molecule has 176 valence electrons. The number of methoxy groups -OCH3 is 1. The summed E-state index contributed by atoms with van der Waals surface area (Å²) in [6.07, 6.45) is 0.0174. The number of aryl methyl sites for hydroxylation is 1. The molecule has 3 aromatic rings. The molecule has 0 bridgehead atoms. The Balaban J connectivity index is 1.82. The van der Waals surface area contributed by atoms with Crippen molar-refractivity contribution in [2.24, 2.45) is 0 Å². The van der Waals surface area contributed by atoms with E-state index in [0.29, 0.717) is 32.5 Å². The normalized spacial score (nSPS) is 15.4. The van der Waals surface area contributed by atoms with Crippen LogP contribution < -0.4 is 10.6 Å². The van der Waals surface area contributed by atoms with Crippen molar-refractivity contribution in [3.8, 4) is 6.07 Å². The second-order valence-electron chi connectivity index (χ2n) is 7.72. The maximum absolute atomic E-state index is 13.7. The van der Waals surface area contributed by atoms with Gasteiger partial charge in [0.05, 0.1) is 31.1 Å². The van der Waals surface area contributed by atoms with Crippen LogP contribution in [0.4, 0.5) is 11.4 Å². The monoisotopic (exact) mass is 501 g/mol. The fourth-order valence-electron chi connectivity index (χ4n) is 3.84. The van der Waals surface area contributed by atoms with Crippen LogP contribution in [0.15, 0.2) is 93.3 Å². The number of hydrogen-bond donors (Lipinski definition) is 2. The van der Waals surface area contributed by atoms with Gasteiger partial charge in [0, 0.05) is 26.7 Å². The van der Waals surface area contributed by atoms with E-state index < -0.39 is 5.92 Å². The number of benzene rings is 2. The Morgan fingerprint density at radius 3 is 2.34 bits per heavy atom. The van der Waals surface area contributed by atoms with Crippen molar-refractivity contribution in [2.45, 2.75) is 19.3 Å². The predicted octanol–water partition coefficient (Wildman–Crippen LogP) is 6.19. The van der Waals surface area contributed by atoms with Crippen LogP contribution >= 0.6 is 23.1 Å². The molecule has 0 unspecified atom stereocenters. The number of amides is 2. The van der Waals surface area contributed by atoms with Gasteiger partial charge in [-0.3, -0.25) is 9.59 Å². The molecule has 0 aliphatic carbocycles. The van der Waals surface area contributed by atoms with E-state index in [1.165, 1.54) is 18.4 Å². The molecule has 2 N–H and O–H groups in total. The molecule has 4 rings (SSSR count). The zero-order chi connectivity index (χ0) is 24.8. The topological polar surface area (TPSA) is 91.2 Å². The van der Waals surface area contributed by atoms with E-state index in [1.807, 2.05) is 66.9 Å². The lowest BCUT2D eigenvalue weighted by atomic mass is 9.87. The number of carbonyl (C=O) groups excluding carboxylic acids is 2. The molecule has 6 nitrogen and oxygen atoms in total. The van der Waals surface area contributed by atoms with Crippen LogP contribution in [0.1, 0.15) is 22.8 Å². The summed E-state index contributed by atoms with van der Waals surface area (Å²) in [5, 5.41) is 17.7. The lowest BCUT2D eigenvalue weighted by molar-refractivity contribution is -0.113. The summed E-state index contributed by atoms with van der Waals surface area (Å²) >= 11 is 2.60. The number of anilines is 2.